The molecule has 0 fully saturated rings. The molecule has 1 atom stereocenters. The van der Waals surface area contributed by atoms with Crippen LogP contribution in [0.15, 0.2) is 75.6 Å². The molecule has 0 bridgehead atoms. The maximum Gasteiger partial charge on any atom is 0.253 e. The van der Waals surface area contributed by atoms with E-state index in [1.165, 1.54) is 17.3 Å². The molecule has 0 saturated carbocycles. The molecule has 1 aromatic carbocycles. The Balaban J connectivity index is 1.31. The van der Waals surface area contributed by atoms with Crippen molar-refractivity contribution in [2.45, 2.75) is 37.5 Å². The van der Waals surface area contributed by atoms with Gasteiger partial charge in [0.15, 0.2) is 5.16 Å². The van der Waals surface area contributed by atoms with Crippen molar-refractivity contribution in [2.75, 3.05) is 5.75 Å². The average molecular weight is 494 g/mol. The van der Waals surface area contributed by atoms with Crippen LogP contribution in [0.25, 0.3) is 0 Å². The quantitative estimate of drug-likeness (QED) is 0.305. The van der Waals surface area contributed by atoms with Crippen LogP contribution in [0.2, 0.25) is 0 Å². The highest BCUT2D eigenvalue weighted by Crippen LogP contribution is 2.36. The lowest BCUT2D eigenvalue weighted by Crippen LogP contribution is -2.28. The van der Waals surface area contributed by atoms with Gasteiger partial charge in [-0.05, 0) is 35.4 Å². The van der Waals surface area contributed by atoms with Gasteiger partial charge in [0.1, 0.15) is 5.82 Å². The molecule has 0 N–H and O–H groups in total. The van der Waals surface area contributed by atoms with E-state index in [-0.39, 0.29) is 17.7 Å². The molecule has 3 aromatic heterocycles. The molecule has 1 amide bonds. The van der Waals surface area contributed by atoms with Crippen LogP contribution in [0.5, 0.6) is 0 Å². The van der Waals surface area contributed by atoms with Crippen LogP contribution in [0, 0.1) is 0 Å². The minimum absolute atomic E-state index is 0.0137. The van der Waals surface area contributed by atoms with Crippen LogP contribution < -0.4 is 0 Å². The van der Waals surface area contributed by atoms with Crippen LogP contribution >= 0.6 is 34.4 Å². The molecule has 0 saturated heterocycles. The lowest BCUT2D eigenvalue weighted by atomic mass is 10.1. The number of benzene rings is 1. The topological polar surface area (TPSA) is 63.4 Å². The van der Waals surface area contributed by atoms with Crippen molar-refractivity contribution in [2.24, 2.45) is 5.10 Å². The summed E-state index contributed by atoms with van der Waals surface area (Å²) in [5, 5.41) is 20.1. The summed E-state index contributed by atoms with van der Waals surface area (Å²) in [6.07, 6.45) is 1.46. The number of aromatic nitrogens is 3. The van der Waals surface area contributed by atoms with Gasteiger partial charge in [-0.2, -0.15) is 5.10 Å². The Morgan fingerprint density at radius 3 is 2.61 bits per heavy atom. The fourth-order valence-corrected chi connectivity index (χ4v) is 6.29. The molecule has 1 aliphatic heterocycles. The highest BCUT2D eigenvalue weighted by Gasteiger charge is 2.34. The van der Waals surface area contributed by atoms with Crippen LogP contribution in [0.4, 0.5) is 0 Å². The molecule has 0 spiro atoms. The fourth-order valence-electron chi connectivity index (χ4n) is 3.88. The molecule has 0 aliphatic carbocycles. The summed E-state index contributed by atoms with van der Waals surface area (Å²) in [6, 6.07) is 18.4. The van der Waals surface area contributed by atoms with Gasteiger partial charge < -0.3 is 4.57 Å². The number of hydrazone groups is 1. The highest BCUT2D eigenvalue weighted by molar-refractivity contribution is 7.99. The summed E-state index contributed by atoms with van der Waals surface area (Å²) in [7, 11) is 0. The van der Waals surface area contributed by atoms with Crippen molar-refractivity contribution in [1.29, 1.82) is 0 Å². The van der Waals surface area contributed by atoms with Gasteiger partial charge in [0.2, 0.25) is 0 Å². The number of hydrogen-bond acceptors (Lipinski definition) is 7. The molecule has 5 rings (SSSR count). The first-order chi connectivity index (χ1) is 16.2. The highest BCUT2D eigenvalue weighted by atomic mass is 32.2. The minimum atomic E-state index is -0.0483. The molecule has 9 heteroatoms. The van der Waals surface area contributed by atoms with E-state index in [0.717, 1.165) is 45.8 Å². The number of amides is 1. The number of carbonyl (C=O) groups excluding carboxylic acids is 1. The number of hydrogen-bond donors (Lipinski definition) is 0. The van der Waals surface area contributed by atoms with E-state index in [4.69, 9.17) is 5.10 Å². The number of nitrogens with zero attached hydrogens (tertiary/aromatic N) is 5. The molecular weight excluding hydrogens is 470 g/mol. The Labute approximate surface area is 205 Å². The van der Waals surface area contributed by atoms with Crippen molar-refractivity contribution < 1.29 is 4.79 Å². The van der Waals surface area contributed by atoms with Crippen LogP contribution in [-0.2, 0) is 17.8 Å². The number of rotatable bonds is 8. The molecule has 4 heterocycles. The zero-order valence-electron chi connectivity index (χ0n) is 18.1. The van der Waals surface area contributed by atoms with E-state index in [2.05, 4.69) is 46.0 Å². The fraction of sp³-hybridized carbons (Fsp3) is 0.250. The molecule has 1 unspecified atom stereocenters. The van der Waals surface area contributed by atoms with Crippen molar-refractivity contribution in [3.05, 3.63) is 86.5 Å². The Hall–Kier alpha value is -2.75. The lowest BCUT2D eigenvalue weighted by Gasteiger charge is -2.20. The minimum Gasteiger partial charge on any atom is -0.306 e. The maximum atomic E-state index is 13.3. The summed E-state index contributed by atoms with van der Waals surface area (Å²) < 4.78 is 2.09. The van der Waals surface area contributed by atoms with Crippen LogP contribution in [-0.4, -0.2) is 37.1 Å². The second kappa shape index (κ2) is 10.0. The predicted molar refractivity (Wildman–Crippen MR) is 135 cm³/mol. The van der Waals surface area contributed by atoms with Gasteiger partial charge in [-0.15, -0.1) is 32.9 Å². The van der Waals surface area contributed by atoms with Crippen molar-refractivity contribution in [3.8, 4) is 0 Å². The number of thioether (sulfide) groups is 1. The summed E-state index contributed by atoms with van der Waals surface area (Å²) in [4.78, 5) is 15.6. The molecule has 1 aliphatic rings. The first-order valence-electron chi connectivity index (χ1n) is 10.8. The molecule has 0 radical (unpaired) electrons. The summed E-state index contributed by atoms with van der Waals surface area (Å²) in [6.45, 7) is 2.84. The summed E-state index contributed by atoms with van der Waals surface area (Å²) >= 11 is 4.76. The van der Waals surface area contributed by atoms with Gasteiger partial charge in [-0.25, -0.2) is 5.01 Å². The SMILES string of the molecule is CCn1c(Cc2ccccc2)nnc1SCC(=O)N1N=C(c2cccs2)CC1c1cccs1. The zero-order valence-corrected chi connectivity index (χ0v) is 20.6. The van der Waals surface area contributed by atoms with E-state index in [0.29, 0.717) is 0 Å². The monoisotopic (exact) mass is 493 g/mol. The Morgan fingerprint density at radius 2 is 1.88 bits per heavy atom. The lowest BCUT2D eigenvalue weighted by molar-refractivity contribution is -0.130. The Kier molecular flexibility index (Phi) is 6.70. The van der Waals surface area contributed by atoms with Gasteiger partial charge in [0, 0.05) is 24.3 Å². The van der Waals surface area contributed by atoms with E-state index in [1.54, 1.807) is 27.7 Å². The van der Waals surface area contributed by atoms with E-state index < -0.39 is 0 Å². The third kappa shape index (κ3) is 4.80. The first-order valence-corrected chi connectivity index (χ1v) is 13.5. The third-order valence-corrected chi connectivity index (χ3v) is 8.33. The van der Waals surface area contributed by atoms with Gasteiger partial charge in [-0.1, -0.05) is 54.2 Å². The molecular formula is C24H23N5OS3. The van der Waals surface area contributed by atoms with E-state index in [9.17, 15) is 4.79 Å². The first kappa shape index (κ1) is 22.1. The van der Waals surface area contributed by atoms with Crippen LogP contribution in [0.1, 0.15) is 40.5 Å². The van der Waals surface area contributed by atoms with Gasteiger partial charge >= 0.3 is 0 Å². The molecule has 4 aromatic rings. The van der Waals surface area contributed by atoms with E-state index in [1.807, 2.05) is 41.1 Å². The van der Waals surface area contributed by atoms with E-state index >= 15 is 0 Å². The molecule has 168 valence electrons. The summed E-state index contributed by atoms with van der Waals surface area (Å²) in [5.74, 6) is 1.17. The second-order valence-electron chi connectivity index (χ2n) is 7.59. The number of carbonyl (C=O) groups is 1. The van der Waals surface area contributed by atoms with Gasteiger partial charge in [-0.3, -0.25) is 4.79 Å². The maximum absolute atomic E-state index is 13.3. The number of thiophene rings is 2. The van der Waals surface area contributed by atoms with Crippen molar-refractivity contribution in [3.63, 3.8) is 0 Å². The van der Waals surface area contributed by atoms with Gasteiger partial charge in [0.25, 0.3) is 5.91 Å². The normalized spacial score (nSPS) is 15.7. The smallest absolute Gasteiger partial charge is 0.253 e. The van der Waals surface area contributed by atoms with Crippen molar-refractivity contribution >= 4 is 46.1 Å². The summed E-state index contributed by atoms with van der Waals surface area (Å²) in [5.41, 5.74) is 2.17. The molecule has 33 heavy (non-hydrogen) atoms. The average Bonchev–Trinajstić information content (AvgIpc) is 3.64. The predicted octanol–water partition coefficient (Wildman–Crippen LogP) is 5.48. The zero-order chi connectivity index (χ0) is 22.6. The third-order valence-electron chi connectivity index (χ3n) is 5.48. The van der Waals surface area contributed by atoms with Crippen molar-refractivity contribution in [1.82, 2.24) is 19.8 Å². The second-order valence-corrected chi connectivity index (χ2v) is 10.5. The van der Waals surface area contributed by atoms with Gasteiger partial charge in [0.05, 0.1) is 22.4 Å². The van der Waals surface area contributed by atoms with Crippen LogP contribution in [0.3, 0.4) is 0 Å². The Bertz CT molecular complexity index is 1230. The largest absolute Gasteiger partial charge is 0.306 e. The molecule has 6 nitrogen and oxygen atoms in total. The standard InChI is InChI=1S/C24H23N5OS3/c1-2-28-22(14-17-8-4-3-5-9-17)25-26-24(28)33-16-23(30)29-19(21-11-7-13-32-21)15-18(27-29)20-10-6-12-31-20/h3-13,19H,2,14-16H2,1H3. The Morgan fingerprint density at radius 1 is 1.06 bits per heavy atom.